The van der Waals surface area contributed by atoms with Gasteiger partial charge in [-0.3, -0.25) is 13.7 Å². The first kappa shape index (κ1) is 37.3. The number of hydrogen-bond donors (Lipinski definition) is 6. The quantitative estimate of drug-likeness (QED) is 0.165. The summed E-state index contributed by atoms with van der Waals surface area (Å²) in [7, 11) is -12.1. The van der Waals surface area contributed by atoms with Crippen molar-refractivity contribution in [3.8, 4) is 0 Å². The molecular formula is C25H35NO11S3. The van der Waals surface area contributed by atoms with Crippen molar-refractivity contribution in [2.24, 2.45) is 0 Å². The van der Waals surface area contributed by atoms with Gasteiger partial charge in [-0.15, -0.1) is 0 Å². The maximum absolute atomic E-state index is 10.5. The summed E-state index contributed by atoms with van der Waals surface area (Å²) in [6.07, 6.45) is 0. The van der Waals surface area contributed by atoms with Crippen LogP contribution in [0.25, 0.3) is 0 Å². The molecule has 0 bridgehead atoms. The normalized spacial score (nSPS) is 11.1. The molecule has 0 aromatic heterocycles. The zero-order valence-corrected chi connectivity index (χ0v) is 24.6. The summed E-state index contributed by atoms with van der Waals surface area (Å²) >= 11 is 0. The van der Waals surface area contributed by atoms with Gasteiger partial charge in [0.15, 0.2) is 0 Å². The molecule has 15 heteroatoms. The van der Waals surface area contributed by atoms with Crippen LogP contribution in [0, 0.1) is 20.8 Å². The maximum Gasteiger partial charge on any atom is 0.294 e. The van der Waals surface area contributed by atoms with Gasteiger partial charge in [0.05, 0.1) is 27.9 Å². The lowest BCUT2D eigenvalue weighted by atomic mass is 10.2. The first-order valence-corrected chi connectivity index (χ1v) is 15.8. The molecule has 0 aliphatic heterocycles. The first-order valence-electron chi connectivity index (χ1n) is 11.5. The minimum absolute atomic E-state index is 0.0666. The van der Waals surface area contributed by atoms with E-state index < -0.39 is 30.4 Å². The minimum Gasteiger partial charge on any atom is -0.395 e. The smallest absolute Gasteiger partial charge is 0.294 e. The fourth-order valence-corrected chi connectivity index (χ4v) is 3.85. The second-order valence-electron chi connectivity index (χ2n) is 8.06. The highest BCUT2D eigenvalue weighted by Crippen LogP contribution is 2.10. The number of aliphatic hydroxyl groups excluding tert-OH is 2. The molecule has 0 unspecified atom stereocenters. The standard InChI is InChI=1S/3C7H8O3S.C4H11NO2/c3*1-6-2-4-7(5-3-6)11(8,9)10;6-3-1-5-2-4-7/h3*2-5H,1H3,(H,8,9,10);5-7H,1-4H2. The fourth-order valence-electron chi connectivity index (χ4n) is 2.41. The molecule has 0 saturated carbocycles. The molecule has 3 aromatic carbocycles. The summed E-state index contributed by atoms with van der Waals surface area (Å²) in [4.78, 5) is -0.200. The van der Waals surface area contributed by atoms with Crippen LogP contribution in [0.2, 0.25) is 0 Å². The fraction of sp³-hybridized carbons (Fsp3) is 0.280. The van der Waals surface area contributed by atoms with E-state index >= 15 is 0 Å². The lowest BCUT2D eigenvalue weighted by molar-refractivity contribution is 0.266. The van der Waals surface area contributed by atoms with Gasteiger partial charge in [0.2, 0.25) is 0 Å². The largest absolute Gasteiger partial charge is 0.395 e. The Balaban J connectivity index is 0.000000515. The number of benzene rings is 3. The summed E-state index contributed by atoms with van der Waals surface area (Å²) < 4.78 is 88.7. The van der Waals surface area contributed by atoms with Crippen molar-refractivity contribution in [1.82, 2.24) is 5.32 Å². The zero-order valence-electron chi connectivity index (χ0n) is 22.2. The number of hydrogen-bond acceptors (Lipinski definition) is 9. The topological polar surface area (TPSA) is 216 Å². The van der Waals surface area contributed by atoms with E-state index in [0.717, 1.165) is 16.7 Å². The van der Waals surface area contributed by atoms with Crippen LogP contribution in [-0.2, 0) is 30.4 Å². The number of aryl methyl sites for hydroxylation is 3. The van der Waals surface area contributed by atoms with Crippen LogP contribution in [0.4, 0.5) is 0 Å². The lowest BCUT2D eigenvalue weighted by Gasteiger charge is -1.95. The molecule has 0 aliphatic rings. The van der Waals surface area contributed by atoms with E-state index in [-0.39, 0.29) is 27.9 Å². The van der Waals surface area contributed by atoms with Crippen molar-refractivity contribution >= 4 is 30.4 Å². The summed E-state index contributed by atoms with van der Waals surface area (Å²) in [5, 5.41) is 19.1. The zero-order chi connectivity index (χ0) is 31.0. The molecule has 0 radical (unpaired) electrons. The number of nitrogens with one attached hydrogen (secondary N) is 1. The van der Waals surface area contributed by atoms with Gasteiger partial charge >= 0.3 is 0 Å². The van der Waals surface area contributed by atoms with Crippen molar-refractivity contribution in [3.63, 3.8) is 0 Å². The predicted octanol–water partition coefficient (Wildman–Crippen LogP) is 2.29. The van der Waals surface area contributed by atoms with E-state index in [2.05, 4.69) is 5.32 Å². The summed E-state index contributed by atoms with van der Waals surface area (Å²) in [6, 6.07) is 18.0. The molecule has 3 aromatic rings. The van der Waals surface area contributed by atoms with Crippen molar-refractivity contribution in [2.45, 2.75) is 35.5 Å². The predicted molar refractivity (Wildman–Crippen MR) is 150 cm³/mol. The van der Waals surface area contributed by atoms with E-state index in [9.17, 15) is 25.3 Å². The maximum atomic E-state index is 10.5. The van der Waals surface area contributed by atoms with E-state index in [0.29, 0.717) is 13.1 Å². The third kappa shape index (κ3) is 17.1. The molecule has 0 spiro atoms. The molecule has 0 saturated heterocycles. The van der Waals surface area contributed by atoms with Crippen molar-refractivity contribution in [1.29, 1.82) is 0 Å². The molecule has 0 fully saturated rings. The molecule has 12 nitrogen and oxygen atoms in total. The second kappa shape index (κ2) is 17.9. The molecule has 224 valence electrons. The SMILES string of the molecule is Cc1ccc(S(=O)(=O)O)cc1.Cc1ccc(S(=O)(=O)O)cc1.Cc1ccc(S(=O)(=O)O)cc1.OCCNCCO. The lowest BCUT2D eigenvalue weighted by Crippen LogP contribution is -2.21. The number of aliphatic hydroxyl groups is 2. The Morgan fingerprint density at radius 1 is 0.475 bits per heavy atom. The monoisotopic (exact) mass is 621 g/mol. The van der Waals surface area contributed by atoms with Gasteiger partial charge in [0, 0.05) is 13.1 Å². The van der Waals surface area contributed by atoms with Crippen molar-refractivity contribution < 1.29 is 49.1 Å². The summed E-state index contributed by atoms with van der Waals surface area (Å²) in [5.41, 5.74) is 2.87. The van der Waals surface area contributed by atoms with Crippen LogP contribution >= 0.6 is 0 Å². The van der Waals surface area contributed by atoms with E-state index in [1.54, 1.807) is 36.4 Å². The third-order valence-electron chi connectivity index (χ3n) is 4.53. The number of rotatable bonds is 7. The van der Waals surface area contributed by atoms with Crippen LogP contribution in [0.15, 0.2) is 87.5 Å². The van der Waals surface area contributed by atoms with E-state index in [4.69, 9.17) is 23.9 Å². The van der Waals surface area contributed by atoms with Crippen molar-refractivity contribution in [3.05, 3.63) is 89.5 Å². The van der Waals surface area contributed by atoms with Crippen LogP contribution in [0.1, 0.15) is 16.7 Å². The average molecular weight is 622 g/mol. The average Bonchev–Trinajstić information content (AvgIpc) is 2.85. The Morgan fingerprint density at radius 2 is 0.675 bits per heavy atom. The molecule has 0 heterocycles. The van der Waals surface area contributed by atoms with Gasteiger partial charge in [0.1, 0.15) is 0 Å². The highest BCUT2D eigenvalue weighted by Gasteiger charge is 2.08. The highest BCUT2D eigenvalue weighted by atomic mass is 32.2. The molecule has 6 N–H and O–H groups in total. The minimum atomic E-state index is -4.02. The Kier molecular flexibility index (Phi) is 16.6. The van der Waals surface area contributed by atoms with Gasteiger partial charge < -0.3 is 15.5 Å². The Hall–Kier alpha value is -2.73. The Morgan fingerprint density at radius 3 is 0.825 bits per heavy atom. The van der Waals surface area contributed by atoms with Gasteiger partial charge in [-0.1, -0.05) is 53.1 Å². The molecule has 0 aliphatic carbocycles. The van der Waals surface area contributed by atoms with Crippen LogP contribution in [0.5, 0.6) is 0 Å². The van der Waals surface area contributed by atoms with Crippen LogP contribution in [-0.4, -0.2) is 75.4 Å². The molecule has 0 amide bonds. The molecule has 40 heavy (non-hydrogen) atoms. The van der Waals surface area contributed by atoms with Crippen LogP contribution < -0.4 is 5.32 Å². The second-order valence-corrected chi connectivity index (χ2v) is 12.3. The van der Waals surface area contributed by atoms with Gasteiger partial charge in [-0.05, 0) is 57.2 Å². The van der Waals surface area contributed by atoms with Gasteiger partial charge in [-0.25, -0.2) is 0 Å². The molecule has 0 atom stereocenters. The van der Waals surface area contributed by atoms with Crippen molar-refractivity contribution in [2.75, 3.05) is 26.3 Å². The first-order chi connectivity index (χ1) is 18.4. The van der Waals surface area contributed by atoms with E-state index in [1.807, 2.05) is 20.8 Å². The van der Waals surface area contributed by atoms with Gasteiger partial charge in [-0.2, -0.15) is 25.3 Å². The highest BCUT2D eigenvalue weighted by molar-refractivity contribution is 7.86. The van der Waals surface area contributed by atoms with Gasteiger partial charge in [0.25, 0.3) is 30.4 Å². The van der Waals surface area contributed by atoms with Crippen LogP contribution in [0.3, 0.4) is 0 Å². The van der Waals surface area contributed by atoms with E-state index in [1.165, 1.54) is 36.4 Å². The summed E-state index contributed by atoms with van der Waals surface area (Å²) in [6.45, 7) is 6.94. The summed E-state index contributed by atoms with van der Waals surface area (Å²) in [5.74, 6) is 0. The molecular weight excluding hydrogens is 586 g/mol. The third-order valence-corrected chi connectivity index (χ3v) is 7.14. The Bertz CT molecular complexity index is 1280. The molecule has 3 rings (SSSR count). The Labute approximate surface area is 235 Å².